The molecule has 7 atom stereocenters. The van der Waals surface area contributed by atoms with E-state index in [2.05, 4.69) is 322 Å². The zero-order chi connectivity index (χ0) is 102. The SMILES string of the molecule is CCCC[N+](CC)(CC)P(C)N(CC)CC.CCCC[N+](CC)(CC)P(C)N(CC)CC.CCCC[N+](CC)(CC)P(C)N(CC)CC.CCCC[N+](CC)(CC)P(C)N(CC)CC.CCCC[N+](CC)(CC)P(C)N(CC)CC.CCCC[N+](CC)(CC)P(C)N(CC)CC.CCCC[N+](CC)(CC)P(C)N(CC)CC.O=C([O-])C(=O)[O-].O=C([O-])C(=O)[O-].[O-]B([O-])[O-]. The number of aliphatic carboxylic acids is 4. The number of unbranched alkanes of at least 4 members (excludes halogenated alkanes) is 7. The van der Waals surface area contributed by atoms with Crippen molar-refractivity contribution in [2.75, 3.05) is 276 Å². The fraction of sp³-hybridized carbons (Fsp3) is 0.958. The first-order valence-corrected chi connectivity index (χ1v) is 63.4. The Morgan fingerprint density at radius 3 is 0.297 bits per heavy atom. The van der Waals surface area contributed by atoms with E-state index in [4.69, 9.17) is 54.7 Å². The lowest BCUT2D eigenvalue weighted by Gasteiger charge is -2.45. The van der Waals surface area contributed by atoms with E-state index in [1.165, 1.54) is 349 Å². The van der Waals surface area contributed by atoms with Crippen molar-refractivity contribution in [2.45, 2.75) is 332 Å². The van der Waals surface area contributed by atoms with Gasteiger partial charge >= 0.3 is 0 Å². The Kier molecular flexibility index (Phi) is 107. The lowest BCUT2D eigenvalue weighted by molar-refractivity contribution is -0.807. The minimum Gasteiger partial charge on any atom is -0.907 e. The summed E-state index contributed by atoms with van der Waals surface area (Å²) in [5, 5.41) is 61.0. The quantitative estimate of drug-likeness (QED) is 0.0312. The Labute approximate surface area is 809 Å². The van der Waals surface area contributed by atoms with Gasteiger partial charge in [-0.2, -0.15) is 0 Å². The molecule has 0 N–H and O–H groups in total. The van der Waals surface area contributed by atoms with E-state index in [1.54, 1.807) is 0 Å². The van der Waals surface area contributed by atoms with Gasteiger partial charge < -0.3 is 54.7 Å². The van der Waals surface area contributed by atoms with E-state index in [0.29, 0.717) is 0 Å². The van der Waals surface area contributed by atoms with Crippen molar-refractivity contribution in [3.8, 4) is 0 Å². The first-order valence-electron chi connectivity index (χ1n) is 51.6. The molecule has 0 rings (SSSR count). The number of quaternary nitrogens is 7. The highest BCUT2D eigenvalue weighted by Crippen LogP contribution is 2.53. The van der Waals surface area contributed by atoms with Crippen molar-refractivity contribution in [1.29, 1.82) is 0 Å². The minimum atomic E-state index is -2.92. The molecule has 128 heavy (non-hydrogen) atoms. The van der Waals surface area contributed by atoms with Crippen molar-refractivity contribution in [3.63, 3.8) is 0 Å². The Morgan fingerprint density at radius 2 is 0.258 bits per heavy atom. The summed E-state index contributed by atoms with van der Waals surface area (Å²) < 4.78 is 27.9. The summed E-state index contributed by atoms with van der Waals surface area (Å²) in [7, 11) is -3.15. The van der Waals surface area contributed by atoms with Gasteiger partial charge in [0.2, 0.25) is 0 Å². The second kappa shape index (κ2) is 92.3. The highest BCUT2D eigenvalue weighted by Gasteiger charge is 2.41. The molecular formula is C95H224BN14O11P7. The molecule has 0 aromatic rings. The van der Waals surface area contributed by atoms with E-state index in [9.17, 15) is 0 Å². The molecule has 0 fully saturated rings. The molecule has 0 heterocycles. The molecule has 0 radical (unpaired) electrons. The zero-order valence-electron chi connectivity index (χ0n) is 93.1. The highest BCUT2D eigenvalue weighted by molar-refractivity contribution is 7.50. The van der Waals surface area contributed by atoms with E-state index < -0.39 is 31.2 Å². The molecular weight excluding hydrogens is 1740 g/mol. The van der Waals surface area contributed by atoms with Gasteiger partial charge in [-0.1, -0.05) is 190 Å². The smallest absolute Gasteiger partial charge is 0.181 e. The minimum absolute atomic E-state index is 0.0329. The first kappa shape index (κ1) is 149. The first-order chi connectivity index (χ1) is 60.3. The molecule has 33 heteroatoms. The van der Waals surface area contributed by atoms with E-state index in [0.717, 1.165) is 0 Å². The third kappa shape index (κ3) is 59.0. The maximum Gasteiger partial charge on any atom is 0.181 e. The summed E-state index contributed by atoms with van der Waals surface area (Å²) in [5.74, 6) is -8.74. The van der Waals surface area contributed by atoms with Gasteiger partial charge in [0, 0.05) is 138 Å². The van der Waals surface area contributed by atoms with Crippen LogP contribution in [0.15, 0.2) is 0 Å². The number of rotatable bonds is 63. The van der Waals surface area contributed by atoms with Crippen LogP contribution >= 0.6 is 57.6 Å². The van der Waals surface area contributed by atoms with Crippen LogP contribution in [0.25, 0.3) is 0 Å². The predicted octanol–water partition coefficient (Wildman–Crippen LogP) is 16.5. The van der Waals surface area contributed by atoms with E-state index in [-0.39, 0.29) is 57.6 Å². The van der Waals surface area contributed by atoms with Gasteiger partial charge in [-0.05, 0) is 142 Å². The number of carboxylic acid groups (broad SMARTS) is 4. The fourth-order valence-electron chi connectivity index (χ4n) is 17.1. The molecule has 0 aromatic carbocycles. The lowest BCUT2D eigenvalue weighted by atomic mass is 10.3. The monoisotopic (exact) mass is 1970 g/mol. The lowest BCUT2D eigenvalue weighted by Crippen LogP contribution is -2.56. The van der Waals surface area contributed by atoms with Gasteiger partial charge in [0.25, 0.3) is 0 Å². The van der Waals surface area contributed by atoms with Crippen molar-refractivity contribution in [1.82, 2.24) is 32.7 Å². The third-order valence-electron chi connectivity index (χ3n) is 27.3. The fourth-order valence-corrected chi connectivity index (χ4v) is 35.4. The molecule has 778 valence electrons. The molecule has 7 unspecified atom stereocenters. The molecule has 0 aromatic heterocycles. The molecule has 0 saturated carbocycles. The molecule has 0 aliphatic rings. The van der Waals surface area contributed by atoms with Crippen LogP contribution in [0.5, 0.6) is 0 Å². The standard InChI is InChI=1S/7C13H32N2P.2C2H2O4.BO3/c7*1-7-12-13-15(10-4,11-5)16(6)14(8-2)9-3;2*3-1(4)2(5)6;2-1(3)4/h7*7-13H2,1-6H3;2*(H,3,4)(H,5,6);/q7*+1;;;-3/p-4. The number of nitrogens with zero attached hydrogens (tertiary/aromatic N) is 14. The van der Waals surface area contributed by atoms with Crippen molar-refractivity contribution in [3.05, 3.63) is 0 Å². The average Bonchev–Trinajstić information content (AvgIpc) is 0.874. The largest absolute Gasteiger partial charge is 0.907 e. The van der Waals surface area contributed by atoms with Crippen molar-refractivity contribution in [2.24, 2.45) is 0 Å². The van der Waals surface area contributed by atoms with Crippen LogP contribution < -0.4 is 35.5 Å². The summed E-state index contributed by atoms with van der Waals surface area (Å²) in [6.45, 7) is 143. The molecule has 0 aliphatic carbocycles. The Morgan fingerprint density at radius 1 is 0.188 bits per heavy atom. The van der Waals surface area contributed by atoms with Gasteiger partial charge in [-0.15, -0.1) is 0 Å². The van der Waals surface area contributed by atoms with Gasteiger partial charge in [-0.3, -0.25) is 37.1 Å². The van der Waals surface area contributed by atoms with Crippen LogP contribution in [0.1, 0.15) is 332 Å². The number of hydrogen-bond acceptors (Lipinski definition) is 18. The molecule has 0 bridgehead atoms. The van der Waals surface area contributed by atoms with Crippen LogP contribution in [0.4, 0.5) is 0 Å². The molecule has 0 amide bonds. The molecule has 0 aliphatic heterocycles. The molecule has 0 spiro atoms. The van der Waals surface area contributed by atoms with Gasteiger partial charge in [0.1, 0.15) is 0 Å². The number of hydrogen-bond donors (Lipinski definition) is 0. The van der Waals surface area contributed by atoms with Gasteiger partial charge in [-0.25, -0.2) is 32.7 Å². The van der Waals surface area contributed by atoms with Gasteiger partial charge in [0.15, 0.2) is 57.6 Å². The maximum absolute atomic E-state index is 8.93. The van der Waals surface area contributed by atoms with Gasteiger partial charge in [0.05, 0.1) is 161 Å². The molecule has 0 saturated heterocycles. The molecule has 25 nitrogen and oxygen atoms in total. The van der Waals surface area contributed by atoms with Crippen LogP contribution in [0, 0.1) is 0 Å². The highest BCUT2D eigenvalue weighted by atomic mass is 31.2. The summed E-state index contributed by atoms with van der Waals surface area (Å²) in [6.07, 6.45) is 18.8. The third-order valence-corrected chi connectivity index (χ3v) is 51.0. The van der Waals surface area contributed by atoms with Crippen LogP contribution in [0.2, 0.25) is 0 Å². The van der Waals surface area contributed by atoms with Crippen LogP contribution in [-0.2, 0) is 19.2 Å². The summed E-state index contributed by atoms with van der Waals surface area (Å²) in [4.78, 5) is 35.7. The second-order valence-corrected chi connectivity index (χ2v) is 49.2. The van der Waals surface area contributed by atoms with E-state index in [1.807, 2.05) is 0 Å². The number of carbonyl (C=O) groups excluding carboxylic acids is 4. The van der Waals surface area contributed by atoms with Crippen LogP contribution in [-0.4, -0.2) is 369 Å². The van der Waals surface area contributed by atoms with E-state index >= 15 is 0 Å². The maximum atomic E-state index is 8.93. The Bertz CT molecular complexity index is 1990. The Hall–Kier alpha value is 0.275. The Balaban J connectivity index is -0.000000154. The van der Waals surface area contributed by atoms with Crippen molar-refractivity contribution < 1.29 is 84.5 Å². The van der Waals surface area contributed by atoms with Crippen molar-refractivity contribution >= 4 is 88.8 Å². The zero-order valence-corrected chi connectivity index (χ0v) is 99.4. The average molecular weight is 1970 g/mol. The van der Waals surface area contributed by atoms with Crippen LogP contribution in [0.3, 0.4) is 0 Å². The normalized spacial score (nSPS) is 13.5. The number of carbonyl (C=O) groups is 4. The number of carboxylic acids is 4. The topological polar surface area (TPSA) is 252 Å². The predicted molar refractivity (Wildman–Crippen MR) is 564 cm³/mol. The summed E-state index contributed by atoms with van der Waals surface area (Å²) in [6, 6.07) is 0. The summed E-state index contributed by atoms with van der Waals surface area (Å²) >= 11 is 0. The summed E-state index contributed by atoms with van der Waals surface area (Å²) in [5.41, 5.74) is 0. The second-order valence-electron chi connectivity index (χ2n) is 32.5.